The summed E-state index contributed by atoms with van der Waals surface area (Å²) in [4.78, 5) is 27.1. The SMILES string of the molecule is Cn1cc(NC(=O)c2cnn3ccc(N4CC(N)CC(F)(F)C4)nc23)c(C(F)(F)F)n1.O=C(O)C(F)(F)F. The van der Waals surface area contributed by atoms with Crippen LogP contribution in [0, 0.1) is 0 Å². The number of nitrogens with one attached hydrogen (secondary N) is 1. The highest BCUT2D eigenvalue weighted by Crippen LogP contribution is 2.34. The van der Waals surface area contributed by atoms with Gasteiger partial charge in [0.2, 0.25) is 0 Å². The number of aliphatic carboxylic acids is 1. The number of aryl methyl sites for hydroxylation is 1. The molecular weight excluding hydrogens is 540 g/mol. The monoisotopic (exact) mass is 558 g/mol. The number of carboxylic acids is 1. The molecule has 3 aromatic rings. The molecule has 11 nitrogen and oxygen atoms in total. The van der Waals surface area contributed by atoms with Crippen LogP contribution in [-0.4, -0.2) is 72.6 Å². The van der Waals surface area contributed by atoms with E-state index >= 15 is 0 Å². The number of fused-ring (bicyclic) bond motifs is 1. The van der Waals surface area contributed by atoms with Gasteiger partial charge in [-0.25, -0.2) is 23.1 Å². The first-order valence-electron chi connectivity index (χ1n) is 10.3. The van der Waals surface area contributed by atoms with Crippen LogP contribution in [-0.2, 0) is 18.0 Å². The molecule has 19 heteroatoms. The topological polar surface area (TPSA) is 144 Å². The number of carbonyl (C=O) groups excluding carboxylic acids is 1. The highest BCUT2D eigenvalue weighted by atomic mass is 19.4. The van der Waals surface area contributed by atoms with Crippen LogP contribution >= 0.6 is 0 Å². The van der Waals surface area contributed by atoms with E-state index in [0.717, 1.165) is 17.1 Å². The highest BCUT2D eigenvalue weighted by Gasteiger charge is 2.40. The third-order valence-electron chi connectivity index (χ3n) is 4.95. The average molecular weight is 558 g/mol. The molecule has 0 spiro atoms. The molecule has 1 amide bonds. The van der Waals surface area contributed by atoms with Gasteiger partial charge in [-0.15, -0.1) is 0 Å². The van der Waals surface area contributed by atoms with Crippen molar-refractivity contribution in [1.29, 1.82) is 0 Å². The van der Waals surface area contributed by atoms with E-state index in [2.05, 4.69) is 20.5 Å². The van der Waals surface area contributed by atoms with E-state index in [1.165, 1.54) is 28.7 Å². The van der Waals surface area contributed by atoms with E-state index < -0.39 is 60.5 Å². The van der Waals surface area contributed by atoms with Crippen molar-refractivity contribution in [3.63, 3.8) is 0 Å². The predicted octanol–water partition coefficient (Wildman–Crippen LogP) is 2.54. The van der Waals surface area contributed by atoms with Gasteiger partial charge in [0.1, 0.15) is 11.4 Å². The molecular formula is C19H18F8N8O3. The van der Waals surface area contributed by atoms with Gasteiger partial charge in [0.25, 0.3) is 11.8 Å². The van der Waals surface area contributed by atoms with Gasteiger partial charge in [-0.3, -0.25) is 9.48 Å². The Morgan fingerprint density at radius 3 is 2.39 bits per heavy atom. The van der Waals surface area contributed by atoms with E-state index in [4.69, 9.17) is 15.6 Å². The minimum absolute atomic E-state index is 0.00471. The normalized spacial score (nSPS) is 17.6. The highest BCUT2D eigenvalue weighted by molar-refractivity contribution is 6.08. The van der Waals surface area contributed by atoms with Gasteiger partial charge in [0.15, 0.2) is 11.3 Å². The number of carboxylic acid groups (broad SMARTS) is 1. The Kier molecular flexibility index (Phi) is 7.53. The summed E-state index contributed by atoms with van der Waals surface area (Å²) < 4.78 is 101. The standard InChI is InChI=1S/C17H17F5N8O.C2HF3O2/c1-28-7-11(13(27-28)17(20,21)22)25-15(31)10-5-24-30-3-2-12(26-14(10)30)29-6-9(23)4-16(18,19)8-29;3-2(4,5)1(6)7/h2-3,5,7,9H,4,6,8,23H2,1H3,(H,25,31);(H,6,7). The van der Waals surface area contributed by atoms with Crippen molar-refractivity contribution in [2.75, 3.05) is 23.3 Å². The lowest BCUT2D eigenvalue weighted by Crippen LogP contribution is -2.52. The number of anilines is 2. The molecule has 0 radical (unpaired) electrons. The second-order valence-corrected chi connectivity index (χ2v) is 8.13. The van der Waals surface area contributed by atoms with Gasteiger partial charge in [-0.05, 0) is 6.07 Å². The number of hydrogen-bond donors (Lipinski definition) is 3. The fourth-order valence-electron chi connectivity index (χ4n) is 3.49. The van der Waals surface area contributed by atoms with Gasteiger partial charge >= 0.3 is 18.3 Å². The van der Waals surface area contributed by atoms with E-state index in [1.807, 2.05) is 0 Å². The molecule has 0 aromatic carbocycles. The number of carbonyl (C=O) groups is 2. The Balaban J connectivity index is 0.000000505. The number of piperidine rings is 1. The van der Waals surface area contributed by atoms with Gasteiger partial charge in [-0.2, -0.15) is 36.5 Å². The average Bonchev–Trinajstić information content (AvgIpc) is 3.34. The van der Waals surface area contributed by atoms with Crippen LogP contribution in [0.25, 0.3) is 5.65 Å². The minimum atomic E-state index is -5.08. The van der Waals surface area contributed by atoms with Gasteiger partial charge in [0.05, 0.1) is 18.4 Å². The first-order valence-corrected chi connectivity index (χ1v) is 10.3. The maximum Gasteiger partial charge on any atom is 0.490 e. The fraction of sp³-hybridized carbons (Fsp3) is 0.421. The van der Waals surface area contributed by atoms with Crippen LogP contribution in [0.5, 0.6) is 0 Å². The summed E-state index contributed by atoms with van der Waals surface area (Å²) in [5.41, 5.74) is 3.80. The van der Waals surface area contributed by atoms with Crippen LogP contribution in [0.3, 0.4) is 0 Å². The molecule has 1 saturated heterocycles. The summed E-state index contributed by atoms with van der Waals surface area (Å²) in [6.07, 6.45) is -6.74. The summed E-state index contributed by atoms with van der Waals surface area (Å²) >= 11 is 0. The van der Waals surface area contributed by atoms with Gasteiger partial charge in [-0.1, -0.05) is 0 Å². The van der Waals surface area contributed by atoms with Crippen molar-refractivity contribution in [3.05, 3.63) is 35.9 Å². The van der Waals surface area contributed by atoms with E-state index in [1.54, 1.807) is 0 Å². The second-order valence-electron chi connectivity index (χ2n) is 8.13. The Morgan fingerprint density at radius 2 is 1.84 bits per heavy atom. The number of alkyl halides is 8. The maximum absolute atomic E-state index is 13.9. The van der Waals surface area contributed by atoms with E-state index in [-0.39, 0.29) is 23.6 Å². The lowest BCUT2D eigenvalue weighted by molar-refractivity contribution is -0.192. The molecule has 1 atom stereocenters. The molecule has 1 aliphatic heterocycles. The Labute approximate surface area is 206 Å². The van der Waals surface area contributed by atoms with Crippen molar-refractivity contribution in [2.24, 2.45) is 12.8 Å². The summed E-state index contributed by atoms with van der Waals surface area (Å²) in [6.45, 7) is -0.455. The largest absolute Gasteiger partial charge is 0.490 e. The molecule has 1 aliphatic rings. The third-order valence-corrected chi connectivity index (χ3v) is 4.95. The zero-order chi connectivity index (χ0) is 28.6. The molecule has 1 unspecified atom stereocenters. The van der Waals surface area contributed by atoms with E-state index in [0.29, 0.717) is 0 Å². The van der Waals surface area contributed by atoms with Crippen molar-refractivity contribution in [1.82, 2.24) is 24.4 Å². The zero-order valence-corrected chi connectivity index (χ0v) is 19.1. The number of nitrogens with zero attached hydrogens (tertiary/aromatic N) is 6. The van der Waals surface area contributed by atoms with Crippen LogP contribution < -0.4 is 16.0 Å². The molecule has 0 aliphatic carbocycles. The Hall–Kier alpha value is -4.03. The number of halogens is 8. The van der Waals surface area contributed by atoms with Crippen molar-refractivity contribution in [2.45, 2.75) is 30.7 Å². The lowest BCUT2D eigenvalue weighted by atomic mass is 10.0. The Morgan fingerprint density at radius 1 is 1.21 bits per heavy atom. The maximum atomic E-state index is 13.9. The smallest absolute Gasteiger partial charge is 0.475 e. The van der Waals surface area contributed by atoms with Crippen LogP contribution in [0.1, 0.15) is 22.5 Å². The zero-order valence-electron chi connectivity index (χ0n) is 19.1. The summed E-state index contributed by atoms with van der Waals surface area (Å²) in [7, 11) is 1.28. The van der Waals surface area contributed by atoms with Crippen LogP contribution in [0.2, 0.25) is 0 Å². The molecule has 208 valence electrons. The van der Waals surface area contributed by atoms with Crippen molar-refractivity contribution < 1.29 is 49.8 Å². The molecule has 38 heavy (non-hydrogen) atoms. The number of aromatic nitrogens is 5. The summed E-state index contributed by atoms with van der Waals surface area (Å²) in [5, 5.41) is 16.6. The molecule has 4 rings (SSSR count). The molecule has 4 N–H and O–H groups in total. The number of hydrogen-bond acceptors (Lipinski definition) is 7. The predicted molar refractivity (Wildman–Crippen MR) is 113 cm³/mol. The van der Waals surface area contributed by atoms with Crippen molar-refractivity contribution in [3.8, 4) is 0 Å². The summed E-state index contributed by atoms with van der Waals surface area (Å²) in [5.74, 6) is -6.51. The van der Waals surface area contributed by atoms with Crippen molar-refractivity contribution >= 4 is 29.0 Å². The van der Waals surface area contributed by atoms with E-state index in [9.17, 15) is 39.9 Å². The number of rotatable bonds is 3. The van der Waals surface area contributed by atoms with Gasteiger partial charge in [0, 0.05) is 38.4 Å². The van der Waals surface area contributed by atoms with Gasteiger partial charge < -0.3 is 21.1 Å². The Bertz CT molecular complexity index is 1330. The first-order chi connectivity index (χ1) is 17.4. The van der Waals surface area contributed by atoms with Crippen LogP contribution in [0.15, 0.2) is 24.7 Å². The quantitative estimate of drug-likeness (QED) is 0.417. The summed E-state index contributed by atoms with van der Waals surface area (Å²) in [6, 6.07) is 0.680. The number of nitrogens with two attached hydrogens (primary N) is 1. The molecule has 3 aromatic heterocycles. The minimum Gasteiger partial charge on any atom is -0.475 e. The first kappa shape index (κ1) is 28.5. The third kappa shape index (κ3) is 6.64. The molecule has 0 bridgehead atoms. The second kappa shape index (κ2) is 10.0. The number of amides is 1. The molecule has 0 saturated carbocycles. The lowest BCUT2D eigenvalue weighted by Gasteiger charge is -2.36. The molecule has 1 fully saturated rings. The van der Waals surface area contributed by atoms with Crippen LogP contribution in [0.4, 0.5) is 46.6 Å². The molecule has 4 heterocycles. The fourth-order valence-corrected chi connectivity index (χ4v) is 3.49.